The monoisotopic (exact) mass is 514 g/mol. The first-order chi connectivity index (χ1) is 14.9. The summed E-state index contributed by atoms with van der Waals surface area (Å²) < 4.78 is 12.0. The van der Waals surface area contributed by atoms with Crippen LogP contribution < -0.4 is 15.2 Å². The van der Waals surface area contributed by atoms with Gasteiger partial charge in [0, 0.05) is 21.1 Å². The smallest absolute Gasteiger partial charge is 0.345 e. The van der Waals surface area contributed by atoms with Gasteiger partial charge in [-0.2, -0.15) is 5.26 Å². The maximum absolute atomic E-state index is 12.5. The van der Waals surface area contributed by atoms with Gasteiger partial charge in [0.05, 0.1) is 16.5 Å². The number of benzene rings is 3. The molecule has 0 amide bonds. The fourth-order valence-electron chi connectivity index (χ4n) is 3.35. The number of halogens is 3. The van der Waals surface area contributed by atoms with Gasteiger partial charge in [0.25, 0.3) is 0 Å². The topological polar surface area (TPSA) is 85.3 Å². The van der Waals surface area contributed by atoms with Crippen molar-refractivity contribution in [1.82, 2.24) is 0 Å². The number of hydrogen-bond donors (Lipinski definition) is 1. The molecule has 5 nitrogen and oxygen atoms in total. The van der Waals surface area contributed by atoms with Crippen molar-refractivity contribution in [2.75, 3.05) is 0 Å². The summed E-state index contributed by atoms with van der Waals surface area (Å²) in [6, 6.07) is 19.2. The van der Waals surface area contributed by atoms with Crippen LogP contribution in [-0.4, -0.2) is 5.97 Å². The number of esters is 1. The lowest BCUT2D eigenvalue weighted by Crippen LogP contribution is -2.21. The van der Waals surface area contributed by atoms with E-state index in [1.54, 1.807) is 24.3 Å². The molecule has 0 bridgehead atoms. The molecule has 0 aromatic heterocycles. The molecule has 0 aliphatic carbocycles. The highest BCUT2D eigenvalue weighted by molar-refractivity contribution is 9.10. The van der Waals surface area contributed by atoms with Crippen LogP contribution in [0.25, 0.3) is 0 Å². The summed E-state index contributed by atoms with van der Waals surface area (Å²) in [6.45, 7) is 0. The maximum atomic E-state index is 12.5. The highest BCUT2D eigenvalue weighted by Gasteiger charge is 2.32. The van der Waals surface area contributed by atoms with Crippen LogP contribution in [0.2, 0.25) is 10.0 Å². The van der Waals surface area contributed by atoms with E-state index in [0.717, 1.165) is 15.6 Å². The SMILES string of the molecule is N#CC1=C(N)Oc2cc(OC(=O)c3ccc(Cl)cc3Cl)ccc2C1c1ccccc1Br. The standard InChI is InChI=1S/C23H13BrCl2N2O3/c24-18-4-2-1-3-14(18)21-16-8-6-13(10-20(16)31-22(28)17(21)11-27)30-23(29)15-7-5-12(25)9-19(15)26/h1-10,21H,28H2. The van der Waals surface area contributed by atoms with Crippen LogP contribution in [0.1, 0.15) is 27.4 Å². The van der Waals surface area contributed by atoms with E-state index in [1.165, 1.54) is 12.1 Å². The highest BCUT2D eigenvalue weighted by atomic mass is 79.9. The van der Waals surface area contributed by atoms with Gasteiger partial charge < -0.3 is 15.2 Å². The van der Waals surface area contributed by atoms with Crippen LogP contribution in [0.4, 0.5) is 0 Å². The Balaban J connectivity index is 1.71. The van der Waals surface area contributed by atoms with Gasteiger partial charge in [0.1, 0.15) is 23.1 Å². The quantitative estimate of drug-likeness (QED) is 0.332. The average Bonchev–Trinajstić information content (AvgIpc) is 2.73. The molecule has 0 spiro atoms. The Morgan fingerprint density at radius 3 is 2.58 bits per heavy atom. The van der Waals surface area contributed by atoms with E-state index in [1.807, 2.05) is 24.3 Å². The number of allylic oxidation sites excluding steroid dienone is 1. The molecule has 0 fully saturated rings. The molecule has 0 saturated heterocycles. The summed E-state index contributed by atoms with van der Waals surface area (Å²) >= 11 is 15.5. The molecule has 0 saturated carbocycles. The van der Waals surface area contributed by atoms with E-state index in [9.17, 15) is 10.1 Å². The average molecular weight is 516 g/mol. The van der Waals surface area contributed by atoms with Crippen molar-refractivity contribution < 1.29 is 14.3 Å². The highest BCUT2D eigenvalue weighted by Crippen LogP contribution is 2.45. The second-order valence-electron chi connectivity index (χ2n) is 6.66. The normalized spacial score (nSPS) is 15.0. The van der Waals surface area contributed by atoms with E-state index < -0.39 is 11.9 Å². The second kappa shape index (κ2) is 8.64. The largest absolute Gasteiger partial charge is 0.440 e. The first-order valence-corrected chi connectivity index (χ1v) is 10.6. The molecule has 2 N–H and O–H groups in total. The first-order valence-electron chi connectivity index (χ1n) is 9.02. The summed E-state index contributed by atoms with van der Waals surface area (Å²) in [5.41, 5.74) is 8.11. The Bertz CT molecular complexity index is 1280. The number of fused-ring (bicyclic) bond motifs is 1. The van der Waals surface area contributed by atoms with Crippen molar-refractivity contribution >= 4 is 45.1 Å². The summed E-state index contributed by atoms with van der Waals surface area (Å²) in [6.07, 6.45) is 0. The maximum Gasteiger partial charge on any atom is 0.345 e. The van der Waals surface area contributed by atoms with Crippen LogP contribution >= 0.6 is 39.1 Å². The van der Waals surface area contributed by atoms with Crippen molar-refractivity contribution in [1.29, 1.82) is 5.26 Å². The fraction of sp³-hybridized carbons (Fsp3) is 0.0435. The Labute approximate surface area is 196 Å². The molecule has 1 atom stereocenters. The zero-order valence-corrected chi connectivity index (χ0v) is 18.8. The number of carbonyl (C=O) groups excluding carboxylic acids is 1. The lowest BCUT2D eigenvalue weighted by atomic mass is 9.83. The minimum absolute atomic E-state index is 0.0000229. The summed E-state index contributed by atoms with van der Waals surface area (Å²) in [4.78, 5) is 12.5. The molecule has 154 valence electrons. The molecular weight excluding hydrogens is 503 g/mol. The Kier molecular flexibility index (Phi) is 5.92. The van der Waals surface area contributed by atoms with Gasteiger partial charge >= 0.3 is 5.97 Å². The third-order valence-corrected chi connectivity index (χ3v) is 6.04. The van der Waals surface area contributed by atoms with E-state index in [4.69, 9.17) is 38.4 Å². The van der Waals surface area contributed by atoms with Gasteiger partial charge in [-0.1, -0.05) is 63.4 Å². The first kappa shape index (κ1) is 21.3. The van der Waals surface area contributed by atoms with Crippen LogP contribution in [-0.2, 0) is 0 Å². The van der Waals surface area contributed by atoms with Crippen molar-refractivity contribution in [3.05, 3.63) is 103 Å². The van der Waals surface area contributed by atoms with Gasteiger partial charge in [-0.25, -0.2) is 4.79 Å². The van der Waals surface area contributed by atoms with Gasteiger partial charge in [-0.05, 0) is 35.9 Å². The third kappa shape index (κ3) is 4.13. The number of rotatable bonds is 3. The van der Waals surface area contributed by atoms with Crippen LogP contribution in [0.3, 0.4) is 0 Å². The van der Waals surface area contributed by atoms with Crippen LogP contribution in [0, 0.1) is 11.3 Å². The van der Waals surface area contributed by atoms with E-state index in [0.29, 0.717) is 16.3 Å². The van der Waals surface area contributed by atoms with Crippen molar-refractivity contribution in [3.63, 3.8) is 0 Å². The molecular formula is C23H13BrCl2N2O3. The number of hydrogen-bond acceptors (Lipinski definition) is 5. The van der Waals surface area contributed by atoms with Crippen LogP contribution in [0.5, 0.6) is 11.5 Å². The number of nitriles is 1. The predicted octanol–water partition coefficient (Wildman–Crippen LogP) is 6.19. The van der Waals surface area contributed by atoms with Crippen molar-refractivity contribution in [2.45, 2.75) is 5.92 Å². The lowest BCUT2D eigenvalue weighted by molar-refractivity contribution is 0.0734. The molecule has 1 aliphatic rings. The molecule has 4 rings (SSSR count). The minimum Gasteiger partial charge on any atom is -0.440 e. The summed E-state index contributed by atoms with van der Waals surface area (Å²) in [5, 5.41) is 10.3. The summed E-state index contributed by atoms with van der Waals surface area (Å²) in [5.74, 6) is -0.431. The third-order valence-electron chi connectivity index (χ3n) is 4.77. The molecule has 3 aromatic rings. The number of ether oxygens (including phenoxy) is 2. The molecule has 1 aliphatic heterocycles. The van der Waals surface area contributed by atoms with Gasteiger partial charge in [0.2, 0.25) is 5.88 Å². The summed E-state index contributed by atoms with van der Waals surface area (Å²) in [7, 11) is 0. The molecule has 8 heteroatoms. The Morgan fingerprint density at radius 1 is 1.10 bits per heavy atom. The van der Waals surface area contributed by atoms with E-state index in [2.05, 4.69) is 22.0 Å². The molecule has 1 unspecified atom stereocenters. The number of carbonyl (C=O) groups is 1. The Hall–Kier alpha value is -2.98. The Morgan fingerprint density at radius 2 is 1.87 bits per heavy atom. The number of nitrogens with zero attached hydrogens (tertiary/aromatic N) is 1. The zero-order valence-electron chi connectivity index (χ0n) is 15.7. The zero-order chi connectivity index (χ0) is 22.1. The molecule has 0 radical (unpaired) electrons. The predicted molar refractivity (Wildman–Crippen MR) is 121 cm³/mol. The molecule has 31 heavy (non-hydrogen) atoms. The van der Waals surface area contributed by atoms with Gasteiger partial charge in [-0.3, -0.25) is 0 Å². The van der Waals surface area contributed by atoms with Gasteiger partial charge in [-0.15, -0.1) is 0 Å². The minimum atomic E-state index is -0.638. The number of nitrogens with two attached hydrogens (primary N) is 1. The second-order valence-corrected chi connectivity index (χ2v) is 8.36. The fourth-order valence-corrected chi connectivity index (χ4v) is 4.34. The lowest BCUT2D eigenvalue weighted by Gasteiger charge is -2.27. The van der Waals surface area contributed by atoms with Crippen molar-refractivity contribution in [3.8, 4) is 17.6 Å². The molecule has 1 heterocycles. The van der Waals surface area contributed by atoms with Crippen molar-refractivity contribution in [2.24, 2.45) is 5.73 Å². The van der Waals surface area contributed by atoms with E-state index in [-0.39, 0.29) is 22.2 Å². The molecule has 3 aromatic carbocycles. The van der Waals surface area contributed by atoms with Gasteiger partial charge in [0.15, 0.2) is 0 Å². The van der Waals surface area contributed by atoms with Crippen LogP contribution in [0.15, 0.2) is 76.6 Å². The van der Waals surface area contributed by atoms with E-state index >= 15 is 0 Å².